The van der Waals surface area contributed by atoms with E-state index in [0.717, 1.165) is 54.0 Å². The summed E-state index contributed by atoms with van der Waals surface area (Å²) < 4.78 is 0. The summed E-state index contributed by atoms with van der Waals surface area (Å²) in [6.45, 7) is 3.71. The molecule has 4 aromatic heterocycles. The maximum Gasteiger partial charge on any atom is 0.257 e. The first-order valence-electron chi connectivity index (χ1n) is 11.4. The average molecular weight is 450 g/mol. The summed E-state index contributed by atoms with van der Waals surface area (Å²) >= 11 is 0. The van der Waals surface area contributed by atoms with E-state index in [1.54, 1.807) is 37.1 Å². The number of aromatic amines is 1. The molecule has 1 saturated heterocycles. The maximum atomic E-state index is 13.0. The Balaban J connectivity index is 1.31. The van der Waals surface area contributed by atoms with Crippen molar-refractivity contribution in [1.82, 2.24) is 30.0 Å². The quantitative estimate of drug-likeness (QED) is 0.388. The number of piperazine rings is 1. The van der Waals surface area contributed by atoms with Gasteiger partial charge in [0.2, 0.25) is 0 Å². The summed E-state index contributed by atoms with van der Waals surface area (Å²) in [5.74, 6) is 1.09. The predicted octanol–water partition coefficient (Wildman–Crippen LogP) is -0.700. The molecule has 0 atom stereocenters. The van der Waals surface area contributed by atoms with E-state index in [1.807, 2.05) is 18.2 Å². The van der Waals surface area contributed by atoms with E-state index in [9.17, 15) is 4.79 Å². The summed E-state index contributed by atoms with van der Waals surface area (Å²) in [6.07, 6.45) is 8.69. The van der Waals surface area contributed by atoms with Gasteiger partial charge in [0, 0.05) is 67.5 Å². The van der Waals surface area contributed by atoms with Crippen LogP contribution in [0, 0.1) is 0 Å². The van der Waals surface area contributed by atoms with Gasteiger partial charge in [0.1, 0.15) is 35.2 Å². The maximum absolute atomic E-state index is 13.0. The van der Waals surface area contributed by atoms with Crippen molar-refractivity contribution in [2.45, 2.75) is 5.24 Å². The van der Waals surface area contributed by atoms with Crippen LogP contribution in [-0.2, 0) is 0 Å². The van der Waals surface area contributed by atoms with Crippen LogP contribution in [0.4, 0.5) is 11.6 Å². The summed E-state index contributed by atoms with van der Waals surface area (Å²) in [4.78, 5) is 31.1. The molecule has 5 rings (SSSR count). The summed E-state index contributed by atoms with van der Waals surface area (Å²) in [6, 6.07) is 7.39. The van der Waals surface area contributed by atoms with Gasteiger partial charge in [-0.15, -0.1) is 0 Å². The normalized spacial score (nSPS) is 14.9. The highest BCUT2D eigenvalue weighted by molar-refractivity contribution is 6.59. The number of aromatic nitrogens is 5. The van der Waals surface area contributed by atoms with Crippen LogP contribution < -0.4 is 10.2 Å². The number of hydrogen-bond donors (Lipinski definition) is 2. The van der Waals surface area contributed by atoms with Gasteiger partial charge in [-0.25, -0.2) is 9.97 Å². The van der Waals surface area contributed by atoms with Gasteiger partial charge in [-0.3, -0.25) is 14.9 Å². The molecular weight excluding hydrogens is 425 g/mol. The van der Waals surface area contributed by atoms with Gasteiger partial charge < -0.3 is 15.1 Å². The molecule has 1 fully saturated rings. The van der Waals surface area contributed by atoms with Crippen LogP contribution in [0.1, 0.15) is 10.4 Å². The zero-order chi connectivity index (χ0) is 23.7. The van der Waals surface area contributed by atoms with E-state index < -0.39 is 0 Å². The Labute approximate surface area is 200 Å². The molecule has 12 heteroatoms. The molecule has 0 spiro atoms. The number of anilines is 2. The molecule has 9 nitrogen and oxygen atoms in total. The minimum absolute atomic E-state index is 0.156. The molecule has 1 aliphatic rings. The van der Waals surface area contributed by atoms with Gasteiger partial charge in [0.25, 0.3) is 5.91 Å². The number of nitrogens with zero attached hydrogens (tertiary/aromatic N) is 6. The Hall–Kier alpha value is -3.66. The Morgan fingerprint density at radius 2 is 1.76 bits per heavy atom. The first kappa shape index (κ1) is 22.2. The number of pyridine rings is 3. The lowest BCUT2D eigenvalue weighted by Gasteiger charge is -2.43. The Kier molecular flexibility index (Phi) is 5.83. The second-order valence-electron chi connectivity index (χ2n) is 9.47. The Morgan fingerprint density at radius 3 is 2.50 bits per heavy atom. The third kappa shape index (κ3) is 4.67. The van der Waals surface area contributed by atoms with Crippen LogP contribution in [0.3, 0.4) is 0 Å². The molecule has 1 amide bonds. The van der Waals surface area contributed by atoms with E-state index in [0.29, 0.717) is 11.4 Å². The number of carbonyl (C=O) groups is 1. The smallest absolute Gasteiger partial charge is 0.257 e. The van der Waals surface area contributed by atoms with Crippen LogP contribution in [0.25, 0.3) is 22.0 Å². The minimum atomic E-state index is -0.215. The average Bonchev–Trinajstić information content (AvgIpc) is 3.38. The highest BCUT2D eigenvalue weighted by Crippen LogP contribution is 2.23. The molecule has 0 radical (unpaired) electrons. The topological polar surface area (TPSA) is 103 Å². The fourth-order valence-electron chi connectivity index (χ4n) is 4.18. The van der Waals surface area contributed by atoms with Crippen molar-refractivity contribution in [3.05, 3.63) is 60.8 Å². The van der Waals surface area contributed by atoms with Crippen LogP contribution in [0.5, 0.6) is 0 Å². The van der Waals surface area contributed by atoms with E-state index >= 15 is 0 Å². The van der Waals surface area contributed by atoms with E-state index in [1.165, 1.54) is 0 Å². The van der Waals surface area contributed by atoms with Gasteiger partial charge in [0.15, 0.2) is 0 Å². The molecule has 2 N–H and O–H groups in total. The van der Waals surface area contributed by atoms with Crippen molar-refractivity contribution < 1.29 is 4.79 Å². The molecule has 5 heterocycles. The first-order valence-corrected chi connectivity index (χ1v) is 11.4. The number of hydrogen-bond acceptors (Lipinski definition) is 7. The number of rotatable bonds is 5. The van der Waals surface area contributed by atoms with Gasteiger partial charge in [0.05, 0.1) is 11.9 Å². The van der Waals surface area contributed by atoms with Crippen molar-refractivity contribution in [2.75, 3.05) is 36.4 Å². The molecule has 0 aromatic carbocycles. The molecule has 0 aliphatic carbocycles. The third-order valence-electron chi connectivity index (χ3n) is 6.20. The van der Waals surface area contributed by atoms with Gasteiger partial charge in [-0.2, -0.15) is 5.10 Å². The SMILES string of the molecule is BC(B)(B)N1CCN(c2cc(C(=O)Nc3cc4cc(-c5cn[nH]c5)ncc4cn3)ccn2)CC1. The number of nitrogens with one attached hydrogen (secondary N) is 2. The number of H-pyrrole nitrogens is 1. The van der Waals surface area contributed by atoms with Gasteiger partial charge in [-0.05, 0) is 29.7 Å². The van der Waals surface area contributed by atoms with Crippen molar-refractivity contribution in [3.8, 4) is 11.3 Å². The fraction of sp³-hybridized carbons (Fsp3) is 0.227. The summed E-state index contributed by atoms with van der Waals surface area (Å²) in [5, 5.41) is 11.7. The molecule has 0 unspecified atom stereocenters. The molecular formula is C22H25B3N8O. The third-order valence-corrected chi connectivity index (χ3v) is 6.20. The lowest BCUT2D eigenvalue weighted by Crippen LogP contribution is -2.58. The predicted molar refractivity (Wildman–Crippen MR) is 141 cm³/mol. The molecule has 0 saturated carbocycles. The van der Waals surface area contributed by atoms with Gasteiger partial charge in [-0.1, -0.05) is 5.24 Å². The molecule has 34 heavy (non-hydrogen) atoms. The van der Waals surface area contributed by atoms with E-state index in [4.69, 9.17) is 0 Å². The lowest BCUT2D eigenvalue weighted by molar-refractivity contribution is 0.102. The van der Waals surface area contributed by atoms with Crippen LogP contribution in [0.2, 0.25) is 0 Å². The zero-order valence-corrected chi connectivity index (χ0v) is 19.6. The highest BCUT2D eigenvalue weighted by atomic mass is 16.1. The zero-order valence-electron chi connectivity index (χ0n) is 19.6. The Bertz CT molecular complexity index is 1320. The first-order chi connectivity index (χ1) is 16.4. The molecule has 168 valence electrons. The fourth-order valence-corrected chi connectivity index (χ4v) is 4.18. The summed E-state index contributed by atoms with van der Waals surface area (Å²) in [7, 11) is 6.71. The van der Waals surface area contributed by atoms with Crippen molar-refractivity contribution in [3.63, 3.8) is 0 Å². The van der Waals surface area contributed by atoms with Crippen molar-refractivity contribution >= 4 is 51.9 Å². The Morgan fingerprint density at radius 1 is 0.971 bits per heavy atom. The second kappa shape index (κ2) is 8.94. The van der Waals surface area contributed by atoms with Crippen molar-refractivity contribution in [1.29, 1.82) is 0 Å². The van der Waals surface area contributed by atoms with Crippen LogP contribution >= 0.6 is 0 Å². The highest BCUT2D eigenvalue weighted by Gasteiger charge is 2.26. The van der Waals surface area contributed by atoms with E-state index in [2.05, 4.69) is 63.8 Å². The minimum Gasteiger partial charge on any atom is -0.354 e. The van der Waals surface area contributed by atoms with Crippen LogP contribution in [0.15, 0.2) is 55.2 Å². The molecule has 0 bridgehead atoms. The lowest BCUT2D eigenvalue weighted by atomic mass is 9.48. The van der Waals surface area contributed by atoms with Crippen LogP contribution in [-0.4, -0.2) is 90.9 Å². The standard InChI is InChI=1S/C22H25B3N8O/c23-22(24,25)33-5-3-32(4-6-33)20-9-14(1-2-26-20)21(34)31-19-8-15-7-18(17-12-29-30-13-17)27-10-16(15)11-28-19/h1-2,7-13H,3-6,23-25H2,(H,29,30)(H,28,31,34). The number of fused-ring (bicyclic) bond motifs is 1. The molecule has 1 aliphatic heterocycles. The summed E-state index contributed by atoms with van der Waals surface area (Å²) in [5.41, 5.74) is 2.26. The second-order valence-corrected chi connectivity index (χ2v) is 9.47. The van der Waals surface area contributed by atoms with Crippen molar-refractivity contribution in [2.24, 2.45) is 0 Å². The van der Waals surface area contributed by atoms with Gasteiger partial charge >= 0.3 is 0 Å². The van der Waals surface area contributed by atoms with E-state index in [-0.39, 0.29) is 11.1 Å². The number of carbonyl (C=O) groups excluding carboxylic acids is 1. The molecule has 4 aromatic rings. The largest absolute Gasteiger partial charge is 0.354 e. The monoisotopic (exact) mass is 450 g/mol. The number of amides is 1.